The number of alkyl halides is 1. The Labute approximate surface area is 127 Å². The lowest BCUT2D eigenvalue weighted by atomic mass is 9.99. The predicted octanol–water partition coefficient (Wildman–Crippen LogP) is 4.20. The number of benzene rings is 1. The van der Waals surface area contributed by atoms with Gasteiger partial charge in [-0.1, -0.05) is 48.7 Å². The van der Waals surface area contributed by atoms with Gasteiger partial charge >= 0.3 is 0 Å². The molecule has 112 valence electrons. The van der Waals surface area contributed by atoms with E-state index in [-0.39, 0.29) is 10.4 Å². The number of hydrogen-bond acceptors (Lipinski definition) is 1. The van der Waals surface area contributed by atoms with Crippen molar-refractivity contribution in [1.29, 1.82) is 0 Å². The lowest BCUT2D eigenvalue weighted by molar-refractivity contribution is 0.0943. The van der Waals surface area contributed by atoms with Gasteiger partial charge in [-0.3, -0.25) is 4.79 Å². The van der Waals surface area contributed by atoms with E-state index in [9.17, 15) is 13.6 Å². The third kappa shape index (κ3) is 4.01. The van der Waals surface area contributed by atoms with Crippen LogP contribution in [0.2, 0.25) is 0 Å². The van der Waals surface area contributed by atoms with Crippen molar-refractivity contribution in [2.75, 3.05) is 6.54 Å². The van der Waals surface area contributed by atoms with Crippen molar-refractivity contribution in [3.63, 3.8) is 0 Å². The fraction of sp³-hybridized carbons (Fsp3) is 0.533. The van der Waals surface area contributed by atoms with Gasteiger partial charge in [-0.05, 0) is 24.5 Å². The number of aryl methyl sites for hydroxylation is 1. The van der Waals surface area contributed by atoms with Gasteiger partial charge in [0, 0.05) is 11.4 Å². The number of nitrogens with one attached hydrogen (secondary N) is 1. The van der Waals surface area contributed by atoms with Crippen LogP contribution in [0.1, 0.15) is 42.6 Å². The van der Waals surface area contributed by atoms with Crippen LogP contribution in [0.5, 0.6) is 0 Å². The molecule has 20 heavy (non-hydrogen) atoms. The van der Waals surface area contributed by atoms with Crippen LogP contribution >= 0.6 is 15.9 Å². The molecule has 0 saturated heterocycles. The number of carbonyl (C=O) groups excluding carboxylic acids is 1. The van der Waals surface area contributed by atoms with Crippen LogP contribution in [-0.2, 0) is 0 Å². The van der Waals surface area contributed by atoms with E-state index < -0.39 is 23.1 Å². The Kier molecular flexibility index (Phi) is 6.59. The molecule has 0 fully saturated rings. The summed E-state index contributed by atoms with van der Waals surface area (Å²) in [6.07, 6.45) is 1.96. The number of amides is 1. The van der Waals surface area contributed by atoms with E-state index in [4.69, 9.17) is 0 Å². The lowest BCUT2D eigenvalue weighted by Crippen LogP contribution is -2.34. The normalized spacial score (nSPS) is 12.6. The van der Waals surface area contributed by atoms with Crippen LogP contribution < -0.4 is 5.32 Å². The first-order valence-corrected chi connectivity index (χ1v) is 7.70. The van der Waals surface area contributed by atoms with E-state index in [0.717, 1.165) is 18.9 Å². The molecule has 1 aromatic rings. The Morgan fingerprint density at radius 1 is 1.30 bits per heavy atom. The second-order valence-corrected chi connectivity index (χ2v) is 6.03. The van der Waals surface area contributed by atoms with Gasteiger partial charge in [0.2, 0.25) is 0 Å². The second kappa shape index (κ2) is 7.72. The fourth-order valence-electron chi connectivity index (χ4n) is 2.11. The highest BCUT2D eigenvalue weighted by molar-refractivity contribution is 9.09. The third-order valence-corrected chi connectivity index (χ3v) is 4.60. The summed E-state index contributed by atoms with van der Waals surface area (Å²) in [6.45, 7) is 6.00. The molecule has 1 rings (SSSR count). The van der Waals surface area contributed by atoms with Crippen molar-refractivity contribution in [3.8, 4) is 0 Å². The van der Waals surface area contributed by atoms with Gasteiger partial charge in [-0.15, -0.1) is 0 Å². The van der Waals surface area contributed by atoms with E-state index in [1.54, 1.807) is 0 Å². The van der Waals surface area contributed by atoms with Crippen LogP contribution in [0.3, 0.4) is 0 Å². The summed E-state index contributed by atoms with van der Waals surface area (Å²) in [6, 6.07) is 2.43. The Bertz CT molecular complexity index is 475. The van der Waals surface area contributed by atoms with Crippen LogP contribution in [0.4, 0.5) is 8.78 Å². The van der Waals surface area contributed by atoms with Gasteiger partial charge in [0.1, 0.15) is 17.2 Å². The molecule has 0 heterocycles. The van der Waals surface area contributed by atoms with Crippen LogP contribution in [0.15, 0.2) is 12.1 Å². The summed E-state index contributed by atoms with van der Waals surface area (Å²) in [4.78, 5) is 12.0. The summed E-state index contributed by atoms with van der Waals surface area (Å²) in [5, 5.41) is 2.59. The maximum Gasteiger partial charge on any atom is 0.257 e. The molecule has 5 heteroatoms. The minimum Gasteiger partial charge on any atom is -0.351 e. The van der Waals surface area contributed by atoms with E-state index >= 15 is 0 Å². The minimum atomic E-state index is -0.834. The first-order valence-electron chi connectivity index (χ1n) is 6.79. The molecule has 0 aliphatic rings. The smallest absolute Gasteiger partial charge is 0.257 e. The topological polar surface area (TPSA) is 29.1 Å². The maximum absolute atomic E-state index is 13.8. The third-order valence-electron chi connectivity index (χ3n) is 3.53. The standard InChI is InChI=1S/C15H20BrF2NO/c1-4-10(5-2)11(16)8-19-15(20)13-12(17)7-6-9(3)14(13)18/h6-7,10-11H,4-5,8H2,1-3H3,(H,19,20). The van der Waals surface area contributed by atoms with Crippen molar-refractivity contribution in [2.45, 2.75) is 38.4 Å². The zero-order valence-corrected chi connectivity index (χ0v) is 13.6. The molecule has 1 atom stereocenters. The van der Waals surface area contributed by atoms with Crippen LogP contribution in [-0.4, -0.2) is 17.3 Å². The molecule has 0 radical (unpaired) electrons. The largest absolute Gasteiger partial charge is 0.351 e. The molecule has 2 nitrogen and oxygen atoms in total. The number of carbonyl (C=O) groups is 1. The second-order valence-electron chi connectivity index (χ2n) is 4.86. The molecule has 0 bridgehead atoms. The van der Waals surface area contributed by atoms with Crippen molar-refractivity contribution in [3.05, 3.63) is 34.9 Å². The maximum atomic E-state index is 13.8. The molecular weight excluding hydrogens is 328 g/mol. The zero-order chi connectivity index (χ0) is 15.3. The molecule has 0 aromatic heterocycles. The van der Waals surface area contributed by atoms with Gasteiger partial charge < -0.3 is 5.32 Å². The molecular formula is C15H20BrF2NO. The summed E-state index contributed by atoms with van der Waals surface area (Å²) < 4.78 is 27.4. The molecule has 0 aliphatic carbocycles. The minimum absolute atomic E-state index is 0.0948. The van der Waals surface area contributed by atoms with Crippen LogP contribution in [0, 0.1) is 24.5 Å². The van der Waals surface area contributed by atoms with Gasteiger partial charge in [0.05, 0.1) is 0 Å². The van der Waals surface area contributed by atoms with Crippen molar-refractivity contribution >= 4 is 21.8 Å². The summed E-state index contributed by atoms with van der Waals surface area (Å²) in [7, 11) is 0. The fourth-order valence-corrected chi connectivity index (χ4v) is 3.02. The Balaban J connectivity index is 2.76. The average molecular weight is 348 g/mol. The lowest BCUT2D eigenvalue weighted by Gasteiger charge is -2.20. The van der Waals surface area contributed by atoms with Gasteiger partial charge in [0.25, 0.3) is 5.91 Å². The molecule has 1 amide bonds. The highest BCUT2D eigenvalue weighted by atomic mass is 79.9. The number of rotatable bonds is 6. The van der Waals surface area contributed by atoms with Crippen LogP contribution in [0.25, 0.3) is 0 Å². The molecule has 0 saturated carbocycles. The van der Waals surface area contributed by atoms with E-state index in [1.165, 1.54) is 13.0 Å². The van der Waals surface area contributed by atoms with Crippen molar-refractivity contribution in [1.82, 2.24) is 5.32 Å². The van der Waals surface area contributed by atoms with E-state index in [2.05, 4.69) is 35.1 Å². The van der Waals surface area contributed by atoms with E-state index in [1.807, 2.05) is 0 Å². The Morgan fingerprint density at radius 2 is 1.90 bits per heavy atom. The first-order chi connectivity index (χ1) is 9.42. The summed E-state index contributed by atoms with van der Waals surface area (Å²) in [5.74, 6) is -1.92. The van der Waals surface area contributed by atoms with Gasteiger partial charge in [-0.2, -0.15) is 0 Å². The molecule has 0 aliphatic heterocycles. The SMILES string of the molecule is CCC(CC)C(Br)CNC(=O)c1c(F)ccc(C)c1F. The Morgan fingerprint density at radius 3 is 2.45 bits per heavy atom. The van der Waals surface area contributed by atoms with E-state index in [0.29, 0.717) is 12.5 Å². The van der Waals surface area contributed by atoms with Crippen molar-refractivity contribution in [2.24, 2.45) is 5.92 Å². The monoisotopic (exact) mass is 347 g/mol. The number of halogens is 3. The highest BCUT2D eigenvalue weighted by Gasteiger charge is 2.21. The van der Waals surface area contributed by atoms with Crippen molar-refractivity contribution < 1.29 is 13.6 Å². The first kappa shape index (κ1) is 17.1. The molecule has 1 N–H and O–H groups in total. The average Bonchev–Trinajstić information content (AvgIpc) is 2.42. The molecule has 0 spiro atoms. The summed E-state index contributed by atoms with van der Waals surface area (Å²) >= 11 is 3.52. The summed E-state index contributed by atoms with van der Waals surface area (Å²) in [5.41, 5.74) is -0.249. The highest BCUT2D eigenvalue weighted by Crippen LogP contribution is 2.20. The molecule has 1 unspecified atom stereocenters. The Hall–Kier alpha value is -0.970. The predicted molar refractivity (Wildman–Crippen MR) is 80.2 cm³/mol. The quantitative estimate of drug-likeness (QED) is 0.767. The zero-order valence-electron chi connectivity index (χ0n) is 12.0. The van der Waals surface area contributed by atoms with Gasteiger partial charge in [0.15, 0.2) is 0 Å². The molecule has 1 aromatic carbocycles. The number of hydrogen-bond donors (Lipinski definition) is 1. The van der Waals surface area contributed by atoms with Gasteiger partial charge in [-0.25, -0.2) is 8.78 Å².